The molecule has 8 heteroatoms. The fraction of sp³-hybridized carbons (Fsp3) is 0.333. The monoisotopic (exact) mass is 371 g/mol. The first-order valence-corrected chi connectivity index (χ1v) is 9.05. The van der Waals surface area contributed by atoms with Gasteiger partial charge in [0.25, 0.3) is 5.91 Å². The van der Waals surface area contributed by atoms with E-state index in [-0.39, 0.29) is 11.8 Å². The van der Waals surface area contributed by atoms with Gasteiger partial charge >= 0.3 is 0 Å². The molecule has 7 nitrogen and oxygen atoms in total. The summed E-state index contributed by atoms with van der Waals surface area (Å²) in [5.74, 6) is 0.107. The molecule has 1 fully saturated rings. The SMILES string of the molecule is NC(CS)C(=O)N1CCN(C(=O)c2ccc(-c3ccccn3)nc2)CC1. The Kier molecular flexibility index (Phi) is 5.85. The second-order valence-corrected chi connectivity index (χ2v) is 6.42. The maximum Gasteiger partial charge on any atom is 0.255 e. The van der Waals surface area contributed by atoms with Gasteiger partial charge in [0, 0.05) is 44.3 Å². The highest BCUT2D eigenvalue weighted by Crippen LogP contribution is 2.15. The molecular formula is C18H21N5O2S. The van der Waals surface area contributed by atoms with Crippen molar-refractivity contribution in [3.8, 4) is 11.4 Å². The molecule has 1 aliphatic heterocycles. The summed E-state index contributed by atoms with van der Waals surface area (Å²) in [6.45, 7) is 1.91. The van der Waals surface area contributed by atoms with Gasteiger partial charge in [-0.15, -0.1) is 0 Å². The minimum absolute atomic E-state index is 0.0873. The van der Waals surface area contributed by atoms with Gasteiger partial charge in [0.05, 0.1) is 23.0 Å². The van der Waals surface area contributed by atoms with Crippen LogP contribution in [0.25, 0.3) is 11.4 Å². The van der Waals surface area contributed by atoms with Gasteiger partial charge in [-0.1, -0.05) is 6.07 Å². The molecule has 2 aromatic heterocycles. The number of amides is 2. The van der Waals surface area contributed by atoms with E-state index in [0.717, 1.165) is 11.4 Å². The van der Waals surface area contributed by atoms with Crippen LogP contribution < -0.4 is 5.73 Å². The lowest BCUT2D eigenvalue weighted by Crippen LogP contribution is -2.54. The second kappa shape index (κ2) is 8.29. The highest BCUT2D eigenvalue weighted by molar-refractivity contribution is 7.80. The van der Waals surface area contributed by atoms with Crippen LogP contribution in [0.1, 0.15) is 10.4 Å². The summed E-state index contributed by atoms with van der Waals surface area (Å²) in [6.07, 6.45) is 3.27. The van der Waals surface area contributed by atoms with Crippen LogP contribution in [0.3, 0.4) is 0 Å². The maximum atomic E-state index is 12.6. The summed E-state index contributed by atoms with van der Waals surface area (Å²) in [4.78, 5) is 36.7. The summed E-state index contributed by atoms with van der Waals surface area (Å²) in [6, 6.07) is 8.56. The number of piperazine rings is 1. The molecule has 1 atom stereocenters. The molecule has 0 radical (unpaired) electrons. The smallest absolute Gasteiger partial charge is 0.255 e. The average Bonchev–Trinajstić information content (AvgIpc) is 2.73. The second-order valence-electron chi connectivity index (χ2n) is 6.05. The predicted molar refractivity (Wildman–Crippen MR) is 102 cm³/mol. The number of nitrogens with zero attached hydrogens (tertiary/aromatic N) is 4. The predicted octanol–water partition coefficient (Wildman–Crippen LogP) is 0.685. The normalized spacial score (nSPS) is 15.6. The number of pyridine rings is 2. The molecule has 0 aromatic carbocycles. The molecule has 136 valence electrons. The number of carbonyl (C=O) groups excluding carboxylic acids is 2. The third-order valence-corrected chi connectivity index (χ3v) is 4.72. The lowest BCUT2D eigenvalue weighted by molar-refractivity contribution is -0.133. The van der Waals surface area contributed by atoms with Gasteiger partial charge in [-0.2, -0.15) is 12.6 Å². The van der Waals surface area contributed by atoms with E-state index in [2.05, 4.69) is 22.6 Å². The Balaban J connectivity index is 1.61. The van der Waals surface area contributed by atoms with Crippen LogP contribution >= 0.6 is 12.6 Å². The zero-order valence-corrected chi connectivity index (χ0v) is 15.2. The Morgan fingerprint density at radius 3 is 2.31 bits per heavy atom. The third-order valence-electron chi connectivity index (χ3n) is 4.33. The number of hydrogen-bond donors (Lipinski definition) is 2. The summed E-state index contributed by atoms with van der Waals surface area (Å²) in [7, 11) is 0. The van der Waals surface area contributed by atoms with E-state index in [0.29, 0.717) is 37.5 Å². The Morgan fingerprint density at radius 2 is 1.73 bits per heavy atom. The van der Waals surface area contributed by atoms with Crippen LogP contribution in [0, 0.1) is 0 Å². The molecule has 1 aliphatic rings. The fourth-order valence-electron chi connectivity index (χ4n) is 2.81. The van der Waals surface area contributed by atoms with Gasteiger partial charge in [-0.3, -0.25) is 19.6 Å². The van der Waals surface area contributed by atoms with Crippen LogP contribution in [0.5, 0.6) is 0 Å². The van der Waals surface area contributed by atoms with Crippen LogP contribution in [0.4, 0.5) is 0 Å². The van der Waals surface area contributed by atoms with E-state index < -0.39 is 6.04 Å². The summed E-state index contributed by atoms with van der Waals surface area (Å²) < 4.78 is 0. The van der Waals surface area contributed by atoms with E-state index in [9.17, 15) is 9.59 Å². The molecule has 0 bridgehead atoms. The van der Waals surface area contributed by atoms with E-state index in [1.165, 1.54) is 0 Å². The van der Waals surface area contributed by atoms with Crippen LogP contribution in [0.15, 0.2) is 42.7 Å². The van der Waals surface area contributed by atoms with Crippen LogP contribution in [-0.4, -0.2) is 69.6 Å². The minimum Gasteiger partial charge on any atom is -0.338 e. The van der Waals surface area contributed by atoms with Gasteiger partial charge < -0.3 is 15.5 Å². The maximum absolute atomic E-state index is 12.6. The number of carbonyl (C=O) groups is 2. The number of hydrogen-bond acceptors (Lipinski definition) is 6. The van der Waals surface area contributed by atoms with E-state index in [4.69, 9.17) is 5.73 Å². The largest absolute Gasteiger partial charge is 0.338 e. The Labute approximate surface area is 157 Å². The first kappa shape index (κ1) is 18.3. The van der Waals surface area contributed by atoms with Gasteiger partial charge in [-0.25, -0.2) is 0 Å². The van der Waals surface area contributed by atoms with Crippen molar-refractivity contribution in [3.63, 3.8) is 0 Å². The highest BCUT2D eigenvalue weighted by atomic mass is 32.1. The van der Waals surface area contributed by atoms with Crippen molar-refractivity contribution in [2.45, 2.75) is 6.04 Å². The van der Waals surface area contributed by atoms with E-state index in [1.807, 2.05) is 18.2 Å². The van der Waals surface area contributed by atoms with Gasteiger partial charge in [0.15, 0.2) is 0 Å². The quantitative estimate of drug-likeness (QED) is 0.772. The van der Waals surface area contributed by atoms with Crippen LogP contribution in [0.2, 0.25) is 0 Å². The van der Waals surface area contributed by atoms with Crippen molar-refractivity contribution in [2.75, 3.05) is 31.9 Å². The Morgan fingerprint density at radius 1 is 1.04 bits per heavy atom. The molecule has 2 amide bonds. The molecule has 3 rings (SSSR count). The molecule has 0 aliphatic carbocycles. The summed E-state index contributed by atoms with van der Waals surface area (Å²) in [5, 5.41) is 0. The number of aromatic nitrogens is 2. The molecule has 2 N–H and O–H groups in total. The molecule has 1 saturated heterocycles. The zero-order valence-electron chi connectivity index (χ0n) is 14.3. The Bertz CT molecular complexity index is 761. The van der Waals surface area contributed by atoms with Gasteiger partial charge in [0.1, 0.15) is 0 Å². The van der Waals surface area contributed by atoms with Crippen molar-refractivity contribution < 1.29 is 9.59 Å². The first-order chi connectivity index (χ1) is 12.6. The number of thiol groups is 1. The van der Waals surface area contributed by atoms with Gasteiger partial charge in [0.2, 0.25) is 5.91 Å². The van der Waals surface area contributed by atoms with Crippen LogP contribution in [-0.2, 0) is 4.79 Å². The average molecular weight is 371 g/mol. The molecule has 26 heavy (non-hydrogen) atoms. The Hall–Kier alpha value is -2.45. The third kappa shape index (κ3) is 4.03. The fourth-order valence-corrected chi connectivity index (χ4v) is 2.97. The van der Waals surface area contributed by atoms with Crippen molar-refractivity contribution >= 4 is 24.4 Å². The van der Waals surface area contributed by atoms with Crippen molar-refractivity contribution in [1.82, 2.24) is 19.8 Å². The molecule has 2 aromatic rings. The molecule has 0 saturated carbocycles. The van der Waals surface area contributed by atoms with Crippen molar-refractivity contribution in [3.05, 3.63) is 48.3 Å². The van der Waals surface area contributed by atoms with Gasteiger partial charge in [-0.05, 0) is 24.3 Å². The van der Waals surface area contributed by atoms with E-state index in [1.54, 1.807) is 34.3 Å². The molecule has 1 unspecified atom stereocenters. The lowest BCUT2D eigenvalue weighted by atomic mass is 10.1. The number of rotatable bonds is 4. The minimum atomic E-state index is -0.594. The standard InChI is InChI=1S/C18H21N5O2S/c19-14(12-26)18(25)23-9-7-22(8-10-23)17(24)13-4-5-16(21-11-13)15-3-1-2-6-20-15/h1-6,11,14,26H,7-10,12,19H2. The molecule has 0 spiro atoms. The topological polar surface area (TPSA) is 92.4 Å². The zero-order chi connectivity index (χ0) is 18.5. The van der Waals surface area contributed by atoms with Crippen molar-refractivity contribution in [2.24, 2.45) is 5.73 Å². The summed E-state index contributed by atoms with van der Waals surface area (Å²) in [5.41, 5.74) is 7.74. The van der Waals surface area contributed by atoms with E-state index >= 15 is 0 Å². The number of nitrogens with two attached hydrogens (primary N) is 1. The first-order valence-electron chi connectivity index (χ1n) is 8.42. The summed E-state index contributed by atoms with van der Waals surface area (Å²) >= 11 is 4.06. The lowest BCUT2D eigenvalue weighted by Gasteiger charge is -2.35. The van der Waals surface area contributed by atoms with Crippen molar-refractivity contribution in [1.29, 1.82) is 0 Å². The molecular weight excluding hydrogens is 350 g/mol. The highest BCUT2D eigenvalue weighted by Gasteiger charge is 2.27. The molecule has 3 heterocycles.